The standard InChI is InChI=1S/C4H6O3.CH4O.Co/c1-3(5)7-4(2)6;1-2;/h1-2H3;2H,1H3;. The molecular weight excluding hydrogens is 183 g/mol. The molecule has 0 aliphatic carbocycles. The zero-order valence-electron chi connectivity index (χ0n) is 6.01. The van der Waals surface area contributed by atoms with Crippen molar-refractivity contribution in [3.8, 4) is 0 Å². The van der Waals surface area contributed by atoms with Crippen LogP contribution in [0.4, 0.5) is 0 Å². The first-order chi connectivity index (χ1) is 4.13. The number of rotatable bonds is 0. The SMILES string of the molecule is CC(=O)OC(C)=O.CO.[Co]. The van der Waals surface area contributed by atoms with Gasteiger partial charge in [0.2, 0.25) is 0 Å². The fourth-order valence-corrected chi connectivity index (χ4v) is 0.202. The fourth-order valence-electron chi connectivity index (χ4n) is 0.202. The maximum atomic E-state index is 9.81. The van der Waals surface area contributed by atoms with Gasteiger partial charge in [0.25, 0.3) is 0 Å². The number of aliphatic hydroxyl groups is 1. The maximum absolute atomic E-state index is 9.81. The predicted octanol–water partition coefficient (Wildman–Crippen LogP) is -0.298. The molecule has 0 aliphatic heterocycles. The van der Waals surface area contributed by atoms with Crippen LogP contribution >= 0.6 is 0 Å². The largest absolute Gasteiger partial charge is 0.400 e. The van der Waals surface area contributed by atoms with Gasteiger partial charge in [-0.3, -0.25) is 9.59 Å². The van der Waals surface area contributed by atoms with Gasteiger partial charge < -0.3 is 9.84 Å². The third-order valence-electron chi connectivity index (χ3n) is 0.287. The molecular formula is C5H10CoO4. The third kappa shape index (κ3) is 25.5. The minimum Gasteiger partial charge on any atom is -0.400 e. The fraction of sp³-hybridized carbons (Fsp3) is 0.600. The summed E-state index contributed by atoms with van der Waals surface area (Å²) in [7, 11) is 1.00. The molecule has 0 aliphatic rings. The van der Waals surface area contributed by atoms with Gasteiger partial charge in [-0.25, -0.2) is 0 Å². The van der Waals surface area contributed by atoms with Crippen molar-refractivity contribution in [2.24, 2.45) is 0 Å². The second kappa shape index (κ2) is 11.4. The molecule has 1 radical (unpaired) electrons. The van der Waals surface area contributed by atoms with Crippen LogP contribution in [-0.4, -0.2) is 24.2 Å². The first-order valence-electron chi connectivity index (χ1n) is 2.26. The summed E-state index contributed by atoms with van der Waals surface area (Å²) in [4.78, 5) is 19.6. The number of esters is 2. The molecule has 10 heavy (non-hydrogen) atoms. The van der Waals surface area contributed by atoms with Crippen molar-refractivity contribution in [3.05, 3.63) is 0 Å². The van der Waals surface area contributed by atoms with Crippen LogP contribution in [0.1, 0.15) is 13.8 Å². The number of carbonyl (C=O) groups is 2. The summed E-state index contributed by atoms with van der Waals surface area (Å²) in [5, 5.41) is 7.00. The molecule has 0 fully saturated rings. The molecule has 0 saturated carbocycles. The molecule has 0 rings (SSSR count). The van der Waals surface area contributed by atoms with Crippen LogP contribution in [0.5, 0.6) is 0 Å². The number of aliphatic hydroxyl groups excluding tert-OH is 1. The average molecular weight is 193 g/mol. The van der Waals surface area contributed by atoms with Gasteiger partial charge in [-0.2, -0.15) is 0 Å². The first kappa shape index (κ1) is 16.3. The quantitative estimate of drug-likeness (QED) is 0.423. The molecule has 5 heteroatoms. The first-order valence-corrected chi connectivity index (χ1v) is 2.26. The minimum absolute atomic E-state index is 0. The zero-order chi connectivity index (χ0) is 7.86. The van der Waals surface area contributed by atoms with E-state index >= 15 is 0 Å². The normalized spacial score (nSPS) is 6.00. The molecule has 0 aromatic carbocycles. The van der Waals surface area contributed by atoms with E-state index in [-0.39, 0.29) is 16.8 Å². The Kier molecular flexibility index (Phi) is 18.6. The van der Waals surface area contributed by atoms with E-state index in [9.17, 15) is 9.59 Å². The second-order valence-corrected chi connectivity index (χ2v) is 1.09. The minimum atomic E-state index is -0.562. The van der Waals surface area contributed by atoms with E-state index in [1.165, 1.54) is 13.8 Å². The van der Waals surface area contributed by atoms with E-state index in [0.29, 0.717) is 0 Å². The molecule has 0 spiro atoms. The summed E-state index contributed by atoms with van der Waals surface area (Å²) in [6.07, 6.45) is 0. The number of hydrogen-bond acceptors (Lipinski definition) is 4. The van der Waals surface area contributed by atoms with Crippen molar-refractivity contribution < 1.29 is 36.2 Å². The van der Waals surface area contributed by atoms with Gasteiger partial charge in [-0.1, -0.05) is 0 Å². The van der Waals surface area contributed by atoms with Gasteiger partial charge >= 0.3 is 11.9 Å². The summed E-state index contributed by atoms with van der Waals surface area (Å²) in [6.45, 7) is 2.36. The van der Waals surface area contributed by atoms with E-state index in [1.54, 1.807) is 0 Å². The predicted molar refractivity (Wildman–Crippen MR) is 30.6 cm³/mol. The van der Waals surface area contributed by atoms with Crippen LogP contribution in [-0.2, 0) is 31.1 Å². The van der Waals surface area contributed by atoms with Gasteiger partial charge in [0.05, 0.1) is 0 Å². The monoisotopic (exact) mass is 193 g/mol. The van der Waals surface area contributed by atoms with Crippen molar-refractivity contribution >= 4 is 11.9 Å². The van der Waals surface area contributed by atoms with Crippen LogP contribution in [0, 0.1) is 0 Å². The van der Waals surface area contributed by atoms with Gasteiger partial charge in [0, 0.05) is 37.7 Å². The summed E-state index contributed by atoms with van der Waals surface area (Å²) in [5.74, 6) is -1.12. The zero-order valence-corrected chi connectivity index (χ0v) is 7.05. The maximum Gasteiger partial charge on any atom is 0.310 e. The Balaban J connectivity index is -0.000000149. The Morgan fingerprint density at radius 2 is 1.30 bits per heavy atom. The van der Waals surface area contributed by atoms with Crippen LogP contribution in [0.15, 0.2) is 0 Å². The Hall–Kier alpha value is -0.394. The van der Waals surface area contributed by atoms with Crippen LogP contribution in [0.25, 0.3) is 0 Å². The summed E-state index contributed by atoms with van der Waals surface area (Å²) in [5.41, 5.74) is 0. The molecule has 0 unspecified atom stereocenters. The molecule has 0 aromatic rings. The van der Waals surface area contributed by atoms with Crippen LogP contribution < -0.4 is 0 Å². The van der Waals surface area contributed by atoms with Crippen molar-refractivity contribution in [1.29, 1.82) is 0 Å². The average Bonchev–Trinajstić information content (AvgIpc) is 1.68. The Labute approximate surface area is 69.8 Å². The van der Waals surface area contributed by atoms with Gasteiger partial charge in [0.1, 0.15) is 0 Å². The van der Waals surface area contributed by atoms with E-state index in [0.717, 1.165) is 7.11 Å². The van der Waals surface area contributed by atoms with Crippen molar-refractivity contribution in [1.82, 2.24) is 0 Å². The Bertz CT molecular complexity index is 89.8. The van der Waals surface area contributed by atoms with E-state index in [2.05, 4.69) is 4.74 Å². The van der Waals surface area contributed by atoms with E-state index < -0.39 is 11.9 Å². The molecule has 4 nitrogen and oxygen atoms in total. The molecule has 0 bridgehead atoms. The topological polar surface area (TPSA) is 63.6 Å². The smallest absolute Gasteiger partial charge is 0.310 e. The van der Waals surface area contributed by atoms with Gasteiger partial charge in [-0.05, 0) is 0 Å². The summed E-state index contributed by atoms with van der Waals surface area (Å²) < 4.78 is 3.97. The van der Waals surface area contributed by atoms with Crippen LogP contribution in [0.2, 0.25) is 0 Å². The van der Waals surface area contributed by atoms with Crippen LogP contribution in [0.3, 0.4) is 0 Å². The van der Waals surface area contributed by atoms with Crippen molar-refractivity contribution in [2.45, 2.75) is 13.8 Å². The summed E-state index contributed by atoms with van der Waals surface area (Å²) in [6, 6.07) is 0. The third-order valence-corrected chi connectivity index (χ3v) is 0.287. The molecule has 0 atom stereocenters. The molecule has 0 amide bonds. The van der Waals surface area contributed by atoms with E-state index in [4.69, 9.17) is 5.11 Å². The Morgan fingerprint density at radius 1 is 1.10 bits per heavy atom. The van der Waals surface area contributed by atoms with E-state index in [1.807, 2.05) is 0 Å². The molecule has 1 N–H and O–H groups in total. The molecule has 63 valence electrons. The number of carbonyl (C=O) groups excluding carboxylic acids is 2. The molecule has 0 heterocycles. The van der Waals surface area contributed by atoms with Crippen molar-refractivity contribution in [2.75, 3.05) is 7.11 Å². The van der Waals surface area contributed by atoms with Crippen molar-refractivity contribution in [3.63, 3.8) is 0 Å². The summed E-state index contributed by atoms with van der Waals surface area (Å²) >= 11 is 0. The number of hydrogen-bond donors (Lipinski definition) is 1. The molecule has 0 aromatic heterocycles. The second-order valence-electron chi connectivity index (χ2n) is 1.09. The Morgan fingerprint density at radius 3 is 1.30 bits per heavy atom. The van der Waals surface area contributed by atoms with Gasteiger partial charge in [0.15, 0.2) is 0 Å². The molecule has 0 saturated heterocycles. The number of ether oxygens (including phenoxy) is 1. The van der Waals surface area contributed by atoms with Gasteiger partial charge in [-0.15, -0.1) is 0 Å².